The van der Waals surface area contributed by atoms with Crippen LogP contribution in [0.4, 0.5) is 13.2 Å². The highest BCUT2D eigenvalue weighted by Crippen LogP contribution is 2.21. The molecule has 1 heterocycles. The van der Waals surface area contributed by atoms with Crippen molar-refractivity contribution in [1.82, 2.24) is 20.1 Å². The summed E-state index contributed by atoms with van der Waals surface area (Å²) in [6.45, 7) is 4.68. The summed E-state index contributed by atoms with van der Waals surface area (Å²) in [6.07, 6.45) is -4.24. The predicted molar refractivity (Wildman–Crippen MR) is 114 cm³/mol. The van der Waals surface area contributed by atoms with E-state index in [1.807, 2.05) is 31.2 Å². The maximum atomic E-state index is 12.4. The fourth-order valence-corrected chi connectivity index (χ4v) is 3.02. The Hall–Kier alpha value is -0.660. The van der Waals surface area contributed by atoms with Crippen LogP contribution in [0.3, 0.4) is 0 Å². The Bertz CT molecular complexity index is 570. The first kappa shape index (κ1) is 26.3. The van der Waals surface area contributed by atoms with Gasteiger partial charge >= 0.3 is 6.18 Å². The van der Waals surface area contributed by atoms with Crippen LogP contribution in [0.1, 0.15) is 30.7 Å². The summed E-state index contributed by atoms with van der Waals surface area (Å²) >= 11 is 1.54. The third-order valence-corrected chi connectivity index (χ3v) is 4.61. The van der Waals surface area contributed by atoms with Crippen molar-refractivity contribution in [3.05, 3.63) is 16.1 Å². The summed E-state index contributed by atoms with van der Waals surface area (Å²) in [7, 11) is 4.96. The van der Waals surface area contributed by atoms with Crippen molar-refractivity contribution in [2.75, 3.05) is 47.4 Å². The van der Waals surface area contributed by atoms with Gasteiger partial charge in [-0.25, -0.2) is 4.98 Å². The molecule has 1 rings (SSSR count). The molecule has 11 heteroatoms. The molecule has 0 fully saturated rings. The summed E-state index contributed by atoms with van der Waals surface area (Å²) in [5, 5.41) is 6.03. The summed E-state index contributed by atoms with van der Waals surface area (Å²) in [4.78, 5) is 12.1. The average molecular weight is 523 g/mol. The Labute approximate surface area is 180 Å². The number of nitrogens with zero attached hydrogens (tertiary/aromatic N) is 4. The first-order chi connectivity index (χ1) is 12.2. The van der Waals surface area contributed by atoms with Crippen molar-refractivity contribution in [2.45, 2.75) is 32.7 Å². The standard InChI is InChI=1S/C16H28F3N5OS.HI/c1-6-20-15(21-7-8-23(3)11-16(17,18)19)24(4)9-13-10-26-14(22-13)12(2)25-5;/h10,12H,6-9,11H2,1-5H3,(H,20,21);1H. The Kier molecular flexibility index (Phi) is 12.4. The fourth-order valence-electron chi connectivity index (χ4n) is 2.18. The quantitative estimate of drug-likeness (QED) is 0.306. The molecule has 1 N–H and O–H groups in total. The van der Waals surface area contributed by atoms with E-state index in [0.717, 1.165) is 10.7 Å². The number of thiazole rings is 1. The topological polar surface area (TPSA) is 53.0 Å². The summed E-state index contributed by atoms with van der Waals surface area (Å²) < 4.78 is 42.3. The smallest absolute Gasteiger partial charge is 0.375 e. The number of ether oxygens (including phenoxy) is 1. The number of likely N-dealkylation sites (N-methyl/N-ethyl adjacent to an activating group) is 1. The molecule has 0 amide bonds. The van der Waals surface area contributed by atoms with E-state index >= 15 is 0 Å². The van der Waals surface area contributed by atoms with Gasteiger partial charge in [0, 0.05) is 32.6 Å². The lowest BCUT2D eigenvalue weighted by Gasteiger charge is -2.22. The van der Waals surface area contributed by atoms with E-state index in [1.165, 1.54) is 11.9 Å². The first-order valence-corrected chi connectivity index (χ1v) is 9.26. The molecule has 0 saturated heterocycles. The molecule has 1 aromatic heterocycles. The third-order valence-electron chi connectivity index (χ3n) is 3.56. The molecule has 0 radical (unpaired) electrons. The molecule has 1 aromatic rings. The number of aromatic nitrogens is 1. The highest BCUT2D eigenvalue weighted by atomic mass is 127. The highest BCUT2D eigenvalue weighted by molar-refractivity contribution is 14.0. The molecule has 1 unspecified atom stereocenters. The van der Waals surface area contributed by atoms with Gasteiger partial charge in [0.25, 0.3) is 0 Å². The second-order valence-corrected chi connectivity index (χ2v) is 6.89. The van der Waals surface area contributed by atoms with Gasteiger partial charge in [0.05, 0.1) is 25.3 Å². The average Bonchev–Trinajstić information content (AvgIpc) is 3.00. The van der Waals surface area contributed by atoms with E-state index in [1.54, 1.807) is 18.4 Å². The van der Waals surface area contributed by atoms with E-state index in [9.17, 15) is 13.2 Å². The number of nitrogens with one attached hydrogen (secondary N) is 1. The first-order valence-electron chi connectivity index (χ1n) is 8.38. The van der Waals surface area contributed by atoms with Crippen LogP contribution in [0, 0.1) is 0 Å². The van der Waals surface area contributed by atoms with Crippen molar-refractivity contribution in [3.63, 3.8) is 0 Å². The number of aliphatic imine (C=N–C) groups is 1. The molecule has 6 nitrogen and oxygen atoms in total. The number of methoxy groups -OCH3 is 1. The van der Waals surface area contributed by atoms with Gasteiger partial charge in [-0.05, 0) is 20.9 Å². The Morgan fingerprint density at radius 1 is 1.41 bits per heavy atom. The van der Waals surface area contributed by atoms with E-state index in [4.69, 9.17) is 4.74 Å². The molecule has 0 aliphatic heterocycles. The van der Waals surface area contributed by atoms with Gasteiger partial charge in [-0.3, -0.25) is 9.89 Å². The lowest BCUT2D eigenvalue weighted by Crippen LogP contribution is -2.39. The zero-order valence-corrected chi connectivity index (χ0v) is 19.5. The van der Waals surface area contributed by atoms with Gasteiger partial charge < -0.3 is 15.0 Å². The SMILES string of the molecule is CCNC(=NCCN(C)CC(F)(F)F)N(C)Cc1csc(C(C)OC)n1.I. The molecule has 0 bridgehead atoms. The molecule has 0 saturated carbocycles. The summed E-state index contributed by atoms with van der Waals surface area (Å²) in [5.41, 5.74) is 0.899. The van der Waals surface area contributed by atoms with Crippen molar-refractivity contribution in [3.8, 4) is 0 Å². The van der Waals surface area contributed by atoms with E-state index in [0.29, 0.717) is 19.0 Å². The number of halogens is 4. The van der Waals surface area contributed by atoms with Crippen molar-refractivity contribution < 1.29 is 17.9 Å². The minimum Gasteiger partial charge on any atom is -0.375 e. The lowest BCUT2D eigenvalue weighted by molar-refractivity contribution is -0.142. The molecule has 0 spiro atoms. The predicted octanol–water partition coefficient (Wildman–Crippen LogP) is 3.36. The van der Waals surface area contributed by atoms with Gasteiger partial charge in [0.2, 0.25) is 0 Å². The Balaban J connectivity index is 0.00000676. The molecular formula is C16H29F3IN5OS. The van der Waals surface area contributed by atoms with E-state index in [2.05, 4.69) is 15.3 Å². The van der Waals surface area contributed by atoms with Gasteiger partial charge in [-0.2, -0.15) is 13.2 Å². The largest absolute Gasteiger partial charge is 0.401 e. The van der Waals surface area contributed by atoms with Crippen LogP contribution in [0.5, 0.6) is 0 Å². The minimum absolute atomic E-state index is 0. The molecule has 0 aromatic carbocycles. The second-order valence-electron chi connectivity index (χ2n) is 6.00. The van der Waals surface area contributed by atoms with Gasteiger partial charge in [0.15, 0.2) is 5.96 Å². The van der Waals surface area contributed by atoms with Crippen LogP contribution in [0.2, 0.25) is 0 Å². The third kappa shape index (κ3) is 10.5. The number of hydrogen-bond donors (Lipinski definition) is 1. The van der Waals surface area contributed by atoms with Gasteiger partial charge in [-0.15, -0.1) is 35.3 Å². The van der Waals surface area contributed by atoms with Crippen molar-refractivity contribution in [2.24, 2.45) is 4.99 Å². The highest BCUT2D eigenvalue weighted by Gasteiger charge is 2.28. The monoisotopic (exact) mass is 523 g/mol. The van der Waals surface area contributed by atoms with Crippen LogP contribution in [-0.2, 0) is 11.3 Å². The number of alkyl halides is 3. The van der Waals surface area contributed by atoms with Crippen LogP contribution >= 0.6 is 35.3 Å². The zero-order valence-electron chi connectivity index (χ0n) is 16.3. The van der Waals surface area contributed by atoms with Crippen molar-refractivity contribution >= 4 is 41.3 Å². The van der Waals surface area contributed by atoms with Gasteiger partial charge in [0.1, 0.15) is 11.1 Å². The maximum absolute atomic E-state index is 12.4. The number of guanidine groups is 1. The van der Waals surface area contributed by atoms with Gasteiger partial charge in [-0.1, -0.05) is 0 Å². The zero-order chi connectivity index (χ0) is 19.7. The minimum atomic E-state index is -4.19. The molecule has 27 heavy (non-hydrogen) atoms. The van der Waals surface area contributed by atoms with E-state index < -0.39 is 12.7 Å². The van der Waals surface area contributed by atoms with Crippen LogP contribution in [0.15, 0.2) is 10.4 Å². The fraction of sp³-hybridized carbons (Fsp3) is 0.750. The van der Waals surface area contributed by atoms with Crippen LogP contribution in [-0.4, -0.2) is 74.3 Å². The van der Waals surface area contributed by atoms with Crippen molar-refractivity contribution in [1.29, 1.82) is 0 Å². The molecule has 1 atom stereocenters. The molecule has 158 valence electrons. The normalized spacial score (nSPS) is 13.4. The van der Waals surface area contributed by atoms with E-state index in [-0.39, 0.29) is 43.2 Å². The summed E-state index contributed by atoms with van der Waals surface area (Å²) in [6, 6.07) is 0. The van der Waals surface area contributed by atoms with Crippen LogP contribution in [0.25, 0.3) is 0 Å². The van der Waals surface area contributed by atoms with Crippen LogP contribution < -0.4 is 5.32 Å². The molecule has 0 aliphatic carbocycles. The Morgan fingerprint density at radius 2 is 2.07 bits per heavy atom. The molecular weight excluding hydrogens is 494 g/mol. The number of hydrogen-bond acceptors (Lipinski definition) is 5. The maximum Gasteiger partial charge on any atom is 0.401 e. The Morgan fingerprint density at radius 3 is 2.63 bits per heavy atom. The lowest BCUT2D eigenvalue weighted by atomic mass is 10.4. The summed E-state index contributed by atoms with van der Waals surface area (Å²) in [5.74, 6) is 0.641. The molecule has 0 aliphatic rings. The second kappa shape index (κ2) is 12.7. The number of rotatable bonds is 9.